The minimum absolute atomic E-state index is 0.210. The van der Waals surface area contributed by atoms with Crippen molar-refractivity contribution in [2.24, 2.45) is 5.10 Å². The summed E-state index contributed by atoms with van der Waals surface area (Å²) in [5.74, 6) is -0.253. The van der Waals surface area contributed by atoms with Crippen molar-refractivity contribution < 1.29 is 14.3 Å². The van der Waals surface area contributed by atoms with E-state index >= 15 is 0 Å². The first-order valence-electron chi connectivity index (χ1n) is 7.29. The van der Waals surface area contributed by atoms with Crippen LogP contribution in [-0.4, -0.2) is 31.7 Å². The number of nitrogens with zero attached hydrogens (tertiary/aromatic N) is 1. The lowest BCUT2D eigenvalue weighted by molar-refractivity contribution is -0.120. The highest BCUT2D eigenvalue weighted by atomic mass is 79.9. The number of amides is 2. The molecule has 0 saturated heterocycles. The molecule has 0 aliphatic carbocycles. The molecule has 2 aromatic rings. The van der Waals surface area contributed by atoms with Gasteiger partial charge in [-0.25, -0.2) is 5.43 Å². The van der Waals surface area contributed by atoms with E-state index in [1.807, 2.05) is 6.07 Å². The SMILES string of the molecule is COc1c(Br)cc(Br)cc1/C=N\NC(=O)CNC(=O)c1ccc(Cl)cc1. The van der Waals surface area contributed by atoms with Gasteiger partial charge in [-0.15, -0.1) is 0 Å². The molecule has 0 fully saturated rings. The largest absolute Gasteiger partial charge is 0.495 e. The standard InChI is InChI=1S/C17H14Br2ClN3O3/c1-26-16-11(6-12(18)7-14(16)19)8-22-23-15(24)9-21-17(25)10-2-4-13(20)5-3-10/h2-8H,9H2,1H3,(H,21,25)(H,23,24)/b22-8-. The van der Waals surface area contributed by atoms with E-state index in [9.17, 15) is 9.59 Å². The summed E-state index contributed by atoms with van der Waals surface area (Å²) in [7, 11) is 1.54. The highest BCUT2D eigenvalue weighted by molar-refractivity contribution is 9.11. The van der Waals surface area contributed by atoms with E-state index in [0.717, 1.165) is 8.95 Å². The highest BCUT2D eigenvalue weighted by Gasteiger charge is 2.09. The Hall–Kier alpha value is -1.90. The quantitative estimate of drug-likeness (QED) is 0.466. The van der Waals surface area contributed by atoms with Crippen LogP contribution in [0.1, 0.15) is 15.9 Å². The maximum absolute atomic E-state index is 11.9. The number of hydrogen-bond donors (Lipinski definition) is 2. The molecule has 2 aromatic carbocycles. The van der Waals surface area contributed by atoms with E-state index < -0.39 is 5.91 Å². The number of hydrazone groups is 1. The van der Waals surface area contributed by atoms with Crippen LogP contribution in [0.2, 0.25) is 5.02 Å². The number of carbonyl (C=O) groups is 2. The predicted molar refractivity (Wildman–Crippen MR) is 108 cm³/mol. The van der Waals surface area contributed by atoms with Gasteiger partial charge in [0.2, 0.25) is 0 Å². The van der Waals surface area contributed by atoms with E-state index in [0.29, 0.717) is 21.9 Å². The van der Waals surface area contributed by atoms with Crippen LogP contribution in [0.5, 0.6) is 5.75 Å². The highest BCUT2D eigenvalue weighted by Crippen LogP contribution is 2.31. The Bertz CT molecular complexity index is 842. The third-order valence-electron chi connectivity index (χ3n) is 3.15. The molecule has 0 aliphatic heterocycles. The van der Waals surface area contributed by atoms with Crippen molar-refractivity contribution in [2.45, 2.75) is 0 Å². The van der Waals surface area contributed by atoms with Crippen LogP contribution in [0.4, 0.5) is 0 Å². The number of ether oxygens (including phenoxy) is 1. The van der Waals surface area contributed by atoms with Crippen LogP contribution >= 0.6 is 43.5 Å². The number of hydrogen-bond acceptors (Lipinski definition) is 4. The van der Waals surface area contributed by atoms with E-state index in [1.54, 1.807) is 30.3 Å². The van der Waals surface area contributed by atoms with Crippen molar-refractivity contribution in [2.75, 3.05) is 13.7 Å². The fraction of sp³-hybridized carbons (Fsp3) is 0.118. The van der Waals surface area contributed by atoms with Gasteiger partial charge in [-0.2, -0.15) is 5.10 Å². The maximum atomic E-state index is 11.9. The number of carbonyl (C=O) groups excluding carboxylic acids is 2. The first-order valence-corrected chi connectivity index (χ1v) is 9.26. The molecule has 0 unspecified atom stereocenters. The van der Waals surface area contributed by atoms with E-state index in [4.69, 9.17) is 16.3 Å². The van der Waals surface area contributed by atoms with E-state index in [-0.39, 0.29) is 12.5 Å². The summed E-state index contributed by atoms with van der Waals surface area (Å²) in [5, 5.41) is 6.91. The zero-order valence-corrected chi connectivity index (χ0v) is 17.5. The third kappa shape index (κ3) is 5.82. The molecule has 26 heavy (non-hydrogen) atoms. The minimum atomic E-state index is -0.461. The first-order chi connectivity index (χ1) is 12.4. The molecule has 0 bridgehead atoms. The number of halogens is 3. The molecule has 2 rings (SSSR count). The van der Waals surface area contributed by atoms with Crippen LogP contribution < -0.4 is 15.5 Å². The van der Waals surface area contributed by atoms with E-state index in [1.165, 1.54) is 13.3 Å². The van der Waals surface area contributed by atoms with Crippen molar-refractivity contribution in [3.8, 4) is 5.75 Å². The van der Waals surface area contributed by atoms with Gasteiger partial charge in [-0.3, -0.25) is 9.59 Å². The molecular weight excluding hydrogens is 489 g/mol. The fourth-order valence-corrected chi connectivity index (χ4v) is 3.51. The Balaban J connectivity index is 1.90. The third-order valence-corrected chi connectivity index (χ3v) is 4.45. The summed E-state index contributed by atoms with van der Waals surface area (Å²) < 4.78 is 6.86. The van der Waals surface area contributed by atoms with Crippen molar-refractivity contribution in [3.63, 3.8) is 0 Å². The Kier molecular flexibility index (Phi) is 7.62. The van der Waals surface area contributed by atoms with Gasteiger partial charge in [0, 0.05) is 20.6 Å². The molecule has 0 heterocycles. The van der Waals surface area contributed by atoms with Crippen LogP contribution in [-0.2, 0) is 4.79 Å². The zero-order valence-electron chi connectivity index (χ0n) is 13.6. The molecule has 2 amide bonds. The average Bonchev–Trinajstić information content (AvgIpc) is 2.60. The number of methoxy groups -OCH3 is 1. The summed E-state index contributed by atoms with van der Waals surface area (Å²) in [5.41, 5.74) is 3.42. The van der Waals surface area contributed by atoms with Crippen LogP contribution in [0.15, 0.2) is 50.4 Å². The fourth-order valence-electron chi connectivity index (χ4n) is 1.97. The molecule has 136 valence electrons. The lowest BCUT2D eigenvalue weighted by Crippen LogP contribution is -2.34. The number of nitrogens with one attached hydrogen (secondary N) is 2. The maximum Gasteiger partial charge on any atom is 0.259 e. The summed E-state index contributed by atoms with van der Waals surface area (Å²) in [6.45, 7) is -0.210. The van der Waals surface area contributed by atoms with Gasteiger partial charge < -0.3 is 10.1 Å². The van der Waals surface area contributed by atoms with Crippen LogP contribution in [0, 0.1) is 0 Å². The number of benzene rings is 2. The lowest BCUT2D eigenvalue weighted by Gasteiger charge is -2.08. The molecule has 0 aromatic heterocycles. The van der Waals surface area contributed by atoms with Gasteiger partial charge in [-0.05, 0) is 52.3 Å². The Labute approximate surface area is 172 Å². The second-order valence-corrected chi connectivity index (χ2v) is 7.20. The summed E-state index contributed by atoms with van der Waals surface area (Å²) in [6, 6.07) is 9.98. The van der Waals surface area contributed by atoms with Crippen molar-refractivity contribution >= 4 is 61.5 Å². The molecule has 0 saturated carbocycles. The average molecular weight is 504 g/mol. The molecular formula is C17H14Br2ClN3O3. The normalized spacial score (nSPS) is 10.6. The van der Waals surface area contributed by atoms with Crippen molar-refractivity contribution in [3.05, 3.63) is 61.5 Å². The van der Waals surface area contributed by atoms with Crippen LogP contribution in [0.25, 0.3) is 0 Å². The summed E-state index contributed by atoms with van der Waals surface area (Å²) in [6.07, 6.45) is 1.45. The van der Waals surface area contributed by atoms with Crippen LogP contribution in [0.3, 0.4) is 0 Å². The van der Waals surface area contributed by atoms with Gasteiger partial charge in [-0.1, -0.05) is 27.5 Å². The monoisotopic (exact) mass is 501 g/mol. The van der Waals surface area contributed by atoms with Gasteiger partial charge in [0.15, 0.2) is 0 Å². The topological polar surface area (TPSA) is 79.8 Å². The summed E-state index contributed by atoms with van der Waals surface area (Å²) in [4.78, 5) is 23.7. The van der Waals surface area contributed by atoms with E-state index in [2.05, 4.69) is 47.7 Å². The second kappa shape index (κ2) is 9.70. The van der Waals surface area contributed by atoms with Gasteiger partial charge in [0.1, 0.15) is 5.75 Å². The number of rotatable bonds is 6. The molecule has 6 nitrogen and oxygen atoms in total. The molecule has 0 aliphatic rings. The molecule has 9 heteroatoms. The summed E-state index contributed by atoms with van der Waals surface area (Å²) >= 11 is 12.5. The first kappa shape index (κ1) is 20.4. The van der Waals surface area contributed by atoms with Gasteiger partial charge in [0.05, 0.1) is 24.3 Å². The van der Waals surface area contributed by atoms with Gasteiger partial charge in [0.25, 0.3) is 11.8 Å². The van der Waals surface area contributed by atoms with Crippen molar-refractivity contribution in [1.82, 2.24) is 10.7 Å². The second-order valence-electron chi connectivity index (χ2n) is 4.99. The Morgan fingerprint density at radius 3 is 2.58 bits per heavy atom. The molecule has 2 N–H and O–H groups in total. The predicted octanol–water partition coefficient (Wildman–Crippen LogP) is 3.75. The Morgan fingerprint density at radius 2 is 1.92 bits per heavy atom. The molecule has 0 atom stereocenters. The van der Waals surface area contributed by atoms with Crippen molar-refractivity contribution in [1.29, 1.82) is 0 Å². The zero-order chi connectivity index (χ0) is 19.1. The lowest BCUT2D eigenvalue weighted by atomic mass is 10.2. The molecule has 0 radical (unpaired) electrons. The smallest absolute Gasteiger partial charge is 0.259 e. The minimum Gasteiger partial charge on any atom is -0.495 e. The molecule has 0 spiro atoms. The van der Waals surface area contributed by atoms with Gasteiger partial charge >= 0.3 is 0 Å². The Morgan fingerprint density at radius 1 is 1.23 bits per heavy atom.